The summed E-state index contributed by atoms with van der Waals surface area (Å²) in [6.45, 7) is 0. The second-order valence-corrected chi connectivity index (χ2v) is 4.81. The lowest BCUT2D eigenvalue weighted by Gasteiger charge is -2.09. The molecule has 0 fully saturated rings. The number of anilines is 3. The van der Waals surface area contributed by atoms with Gasteiger partial charge in [0.05, 0.1) is 25.7 Å². The fourth-order valence-corrected chi connectivity index (χ4v) is 2.00. The molecule has 0 spiro atoms. The van der Waals surface area contributed by atoms with Gasteiger partial charge in [0.2, 0.25) is 11.6 Å². The van der Waals surface area contributed by atoms with Gasteiger partial charge >= 0.3 is 5.69 Å². The molecule has 104 valence electrons. The average molecular weight is 335 g/mol. The first-order chi connectivity index (χ1) is 9.40. The van der Waals surface area contributed by atoms with Crippen LogP contribution in [0.25, 0.3) is 0 Å². The van der Waals surface area contributed by atoms with Gasteiger partial charge in [-0.05, 0) is 12.1 Å². The van der Waals surface area contributed by atoms with Crippen LogP contribution < -0.4 is 11.1 Å². The molecule has 3 N–H and O–H groups in total. The first kappa shape index (κ1) is 14.6. The van der Waals surface area contributed by atoms with Crippen molar-refractivity contribution < 1.29 is 4.92 Å². The van der Waals surface area contributed by atoms with Gasteiger partial charge in [0.15, 0.2) is 0 Å². The minimum absolute atomic E-state index is 0.0946. The number of nitrogens with zero attached hydrogens (tertiary/aromatic N) is 3. The summed E-state index contributed by atoms with van der Waals surface area (Å²) in [6, 6.07) is 2.83. The zero-order valence-corrected chi connectivity index (χ0v) is 11.9. The summed E-state index contributed by atoms with van der Waals surface area (Å²) in [4.78, 5) is 17.6. The van der Waals surface area contributed by atoms with E-state index in [-0.39, 0.29) is 26.7 Å². The number of nitrogens with two attached hydrogens (primary N) is 1. The number of nitro groups is 1. The molecule has 0 unspecified atom stereocenters. The lowest BCUT2D eigenvalue weighted by Crippen LogP contribution is -2.05. The van der Waals surface area contributed by atoms with Crippen molar-refractivity contribution in [2.75, 3.05) is 11.1 Å². The summed E-state index contributed by atoms with van der Waals surface area (Å²) in [5.41, 5.74) is 5.31. The molecule has 0 saturated heterocycles. The average Bonchev–Trinajstić information content (AvgIpc) is 2.35. The second kappa shape index (κ2) is 5.66. The molecule has 2 rings (SSSR count). The van der Waals surface area contributed by atoms with Gasteiger partial charge in [-0.2, -0.15) is 0 Å². The van der Waals surface area contributed by atoms with E-state index in [1.54, 1.807) is 0 Å². The van der Waals surface area contributed by atoms with Crippen LogP contribution in [0.1, 0.15) is 0 Å². The summed E-state index contributed by atoms with van der Waals surface area (Å²) in [6.07, 6.45) is 1.09. The largest absolute Gasteiger partial charge is 0.378 e. The third-order valence-corrected chi connectivity index (χ3v) is 3.33. The van der Waals surface area contributed by atoms with E-state index in [2.05, 4.69) is 15.3 Å². The van der Waals surface area contributed by atoms with E-state index >= 15 is 0 Å². The standard InChI is InChI=1S/C10H6Cl3N5O2/c11-4-1-6(13)7(2-5(4)12)17-10-8(18(19)20)9(14)15-3-16-10/h1-3H,(H3,14,15,16,17). The van der Waals surface area contributed by atoms with Crippen LogP contribution in [0.5, 0.6) is 0 Å². The number of hydrogen-bond donors (Lipinski definition) is 2. The van der Waals surface area contributed by atoms with Crippen molar-refractivity contribution in [1.82, 2.24) is 9.97 Å². The highest BCUT2D eigenvalue weighted by atomic mass is 35.5. The summed E-state index contributed by atoms with van der Waals surface area (Å²) in [5, 5.41) is 14.4. The molecule has 10 heteroatoms. The molecule has 2 aromatic rings. The monoisotopic (exact) mass is 333 g/mol. The Bertz CT molecular complexity index is 695. The Morgan fingerprint density at radius 2 is 1.80 bits per heavy atom. The van der Waals surface area contributed by atoms with Gasteiger partial charge in [0.1, 0.15) is 6.33 Å². The summed E-state index contributed by atoms with van der Waals surface area (Å²) < 4.78 is 0. The highest BCUT2D eigenvalue weighted by Gasteiger charge is 2.21. The van der Waals surface area contributed by atoms with Gasteiger partial charge in [-0.15, -0.1) is 0 Å². The minimum Gasteiger partial charge on any atom is -0.378 e. The molecule has 0 aliphatic carbocycles. The molecule has 0 saturated carbocycles. The molecular formula is C10H6Cl3N5O2. The van der Waals surface area contributed by atoms with E-state index in [1.807, 2.05) is 0 Å². The van der Waals surface area contributed by atoms with Crippen LogP contribution in [0.3, 0.4) is 0 Å². The van der Waals surface area contributed by atoms with E-state index in [1.165, 1.54) is 12.1 Å². The number of benzene rings is 1. The molecule has 0 amide bonds. The van der Waals surface area contributed by atoms with Crippen LogP contribution in [-0.2, 0) is 0 Å². The molecule has 0 aliphatic heterocycles. The smallest absolute Gasteiger partial charge is 0.353 e. The van der Waals surface area contributed by atoms with E-state index in [0.717, 1.165) is 6.33 Å². The Hall–Kier alpha value is -1.83. The number of nitrogens with one attached hydrogen (secondary N) is 1. The minimum atomic E-state index is -0.691. The molecule has 1 aromatic heterocycles. The van der Waals surface area contributed by atoms with Gasteiger partial charge in [-0.25, -0.2) is 9.97 Å². The molecule has 0 atom stereocenters. The Kier molecular flexibility index (Phi) is 4.12. The van der Waals surface area contributed by atoms with Crippen LogP contribution in [0, 0.1) is 10.1 Å². The molecular weight excluding hydrogens is 329 g/mol. The zero-order chi connectivity index (χ0) is 14.9. The molecule has 1 heterocycles. The van der Waals surface area contributed by atoms with Crippen molar-refractivity contribution in [1.29, 1.82) is 0 Å². The summed E-state index contributed by atoms with van der Waals surface area (Å²) in [5.74, 6) is -0.355. The number of nitrogen functional groups attached to an aromatic ring is 1. The fourth-order valence-electron chi connectivity index (χ4n) is 1.41. The normalized spacial score (nSPS) is 10.3. The third-order valence-electron chi connectivity index (χ3n) is 2.30. The van der Waals surface area contributed by atoms with E-state index in [4.69, 9.17) is 40.5 Å². The maximum absolute atomic E-state index is 11.0. The van der Waals surface area contributed by atoms with E-state index < -0.39 is 10.6 Å². The van der Waals surface area contributed by atoms with Gasteiger partial charge in [-0.1, -0.05) is 34.8 Å². The molecule has 0 bridgehead atoms. The van der Waals surface area contributed by atoms with E-state index in [0.29, 0.717) is 5.69 Å². The Labute approximate surface area is 127 Å². The van der Waals surface area contributed by atoms with Crippen LogP contribution >= 0.6 is 34.8 Å². The van der Waals surface area contributed by atoms with Crippen molar-refractivity contribution in [3.8, 4) is 0 Å². The molecule has 0 aliphatic rings. The van der Waals surface area contributed by atoms with Crippen LogP contribution in [0.2, 0.25) is 15.1 Å². The maximum atomic E-state index is 11.0. The lowest BCUT2D eigenvalue weighted by atomic mass is 10.3. The third kappa shape index (κ3) is 2.84. The van der Waals surface area contributed by atoms with Crippen LogP contribution in [0.15, 0.2) is 18.5 Å². The van der Waals surface area contributed by atoms with Crippen molar-refractivity contribution in [2.24, 2.45) is 0 Å². The van der Waals surface area contributed by atoms with Crippen molar-refractivity contribution >= 4 is 57.8 Å². The number of aromatic nitrogens is 2. The predicted molar refractivity (Wildman–Crippen MR) is 77.9 cm³/mol. The van der Waals surface area contributed by atoms with Gasteiger partial charge in [-0.3, -0.25) is 10.1 Å². The molecule has 0 radical (unpaired) electrons. The SMILES string of the molecule is Nc1ncnc(Nc2cc(Cl)c(Cl)cc2Cl)c1[N+](=O)[O-]. The number of hydrogen-bond acceptors (Lipinski definition) is 6. The summed E-state index contributed by atoms with van der Waals surface area (Å²) >= 11 is 17.6. The maximum Gasteiger partial charge on any atom is 0.353 e. The Balaban J connectivity index is 2.48. The zero-order valence-electron chi connectivity index (χ0n) is 9.60. The molecule has 20 heavy (non-hydrogen) atoms. The van der Waals surface area contributed by atoms with Gasteiger partial charge in [0, 0.05) is 0 Å². The molecule has 1 aromatic carbocycles. The Morgan fingerprint density at radius 1 is 1.15 bits per heavy atom. The highest BCUT2D eigenvalue weighted by molar-refractivity contribution is 6.44. The molecule has 7 nitrogen and oxygen atoms in total. The van der Waals surface area contributed by atoms with Gasteiger partial charge in [0.25, 0.3) is 0 Å². The first-order valence-corrected chi connectivity index (χ1v) is 6.20. The quantitative estimate of drug-likeness (QED) is 0.504. The highest BCUT2D eigenvalue weighted by Crippen LogP contribution is 2.36. The fraction of sp³-hybridized carbons (Fsp3) is 0. The van der Waals surface area contributed by atoms with Crippen molar-refractivity contribution in [2.45, 2.75) is 0 Å². The topological polar surface area (TPSA) is 107 Å². The summed E-state index contributed by atoms with van der Waals surface area (Å²) in [7, 11) is 0. The van der Waals surface area contributed by atoms with Crippen molar-refractivity contribution in [3.05, 3.63) is 43.6 Å². The first-order valence-electron chi connectivity index (χ1n) is 5.06. The number of rotatable bonds is 3. The lowest BCUT2D eigenvalue weighted by molar-refractivity contribution is -0.383. The van der Waals surface area contributed by atoms with E-state index in [9.17, 15) is 10.1 Å². The van der Waals surface area contributed by atoms with Gasteiger partial charge < -0.3 is 11.1 Å². The van der Waals surface area contributed by atoms with Crippen LogP contribution in [-0.4, -0.2) is 14.9 Å². The van der Waals surface area contributed by atoms with Crippen molar-refractivity contribution in [3.63, 3.8) is 0 Å². The number of halogens is 3. The Morgan fingerprint density at radius 3 is 2.45 bits per heavy atom. The van der Waals surface area contributed by atoms with Crippen LogP contribution in [0.4, 0.5) is 23.0 Å². The predicted octanol–water partition coefficient (Wildman–Crippen LogP) is 3.67. The second-order valence-electron chi connectivity index (χ2n) is 3.58.